The van der Waals surface area contributed by atoms with Crippen molar-refractivity contribution in [2.45, 2.75) is 18.9 Å². The van der Waals surface area contributed by atoms with Gasteiger partial charge >= 0.3 is 0 Å². The topological polar surface area (TPSA) is 49.8 Å². The van der Waals surface area contributed by atoms with Gasteiger partial charge in [-0.3, -0.25) is 0 Å². The van der Waals surface area contributed by atoms with Crippen molar-refractivity contribution >= 4 is 11.5 Å². The van der Waals surface area contributed by atoms with Crippen LogP contribution in [0.1, 0.15) is 12.1 Å². The molecule has 0 spiro atoms. The Balaban J connectivity index is 1.96. The van der Waals surface area contributed by atoms with Crippen LogP contribution in [-0.4, -0.2) is 54.1 Å². The van der Waals surface area contributed by atoms with Crippen LogP contribution < -0.4 is 10.6 Å². The van der Waals surface area contributed by atoms with Crippen molar-refractivity contribution in [3.63, 3.8) is 0 Å². The third-order valence-corrected chi connectivity index (χ3v) is 4.18. The Morgan fingerprint density at radius 2 is 2.25 bits per heavy atom. The minimum absolute atomic E-state index is 0.616. The fraction of sp³-hybridized carbons (Fsp3) is 0.533. The van der Waals surface area contributed by atoms with E-state index in [0.717, 1.165) is 31.0 Å². The fourth-order valence-electron chi connectivity index (χ4n) is 3.01. The van der Waals surface area contributed by atoms with Crippen LogP contribution in [-0.2, 0) is 6.42 Å². The Bertz CT molecular complexity index is 589. The molecule has 0 saturated carbocycles. The average molecular weight is 273 g/mol. The van der Waals surface area contributed by atoms with Crippen molar-refractivity contribution in [1.29, 1.82) is 0 Å². The molecule has 0 radical (unpaired) electrons. The van der Waals surface area contributed by atoms with Crippen molar-refractivity contribution in [2.24, 2.45) is 5.73 Å². The summed E-state index contributed by atoms with van der Waals surface area (Å²) in [7, 11) is 4.30. The van der Waals surface area contributed by atoms with Crippen molar-refractivity contribution in [2.75, 3.05) is 38.6 Å². The Kier molecular flexibility index (Phi) is 3.63. The van der Waals surface area contributed by atoms with E-state index >= 15 is 0 Å². The van der Waals surface area contributed by atoms with Gasteiger partial charge in [0.15, 0.2) is 5.82 Å². The second kappa shape index (κ2) is 5.42. The Morgan fingerprint density at radius 3 is 2.95 bits per heavy atom. The maximum absolute atomic E-state index is 5.79. The lowest BCUT2D eigenvalue weighted by atomic mass is 10.2. The quantitative estimate of drug-likeness (QED) is 0.902. The lowest BCUT2D eigenvalue weighted by Gasteiger charge is -2.21. The highest BCUT2D eigenvalue weighted by Crippen LogP contribution is 2.26. The molecular formula is C15H23N5. The SMILES string of the molecule is CN(C)C1CCN(c2nc3ccccn3c2CCN)C1. The molecule has 2 aromatic heterocycles. The summed E-state index contributed by atoms with van der Waals surface area (Å²) in [5.41, 5.74) is 8.04. The molecule has 0 aromatic carbocycles. The van der Waals surface area contributed by atoms with Crippen LogP contribution in [0.15, 0.2) is 24.4 Å². The summed E-state index contributed by atoms with van der Waals surface area (Å²) in [6.45, 7) is 2.78. The van der Waals surface area contributed by atoms with Crippen LogP contribution in [0.5, 0.6) is 0 Å². The normalized spacial score (nSPS) is 19.4. The second-order valence-corrected chi connectivity index (χ2v) is 5.70. The van der Waals surface area contributed by atoms with E-state index in [-0.39, 0.29) is 0 Å². The van der Waals surface area contributed by atoms with Gasteiger partial charge in [0.1, 0.15) is 5.65 Å². The summed E-state index contributed by atoms with van der Waals surface area (Å²) in [5, 5.41) is 0. The van der Waals surface area contributed by atoms with Gasteiger partial charge in [0.2, 0.25) is 0 Å². The highest BCUT2D eigenvalue weighted by molar-refractivity contribution is 5.56. The first-order valence-electron chi connectivity index (χ1n) is 7.28. The third-order valence-electron chi connectivity index (χ3n) is 4.18. The number of pyridine rings is 1. The first kappa shape index (κ1) is 13.4. The van der Waals surface area contributed by atoms with Gasteiger partial charge in [-0.15, -0.1) is 0 Å². The summed E-state index contributed by atoms with van der Waals surface area (Å²) in [4.78, 5) is 9.53. The van der Waals surface area contributed by atoms with E-state index in [4.69, 9.17) is 10.7 Å². The monoisotopic (exact) mass is 273 g/mol. The average Bonchev–Trinajstić information content (AvgIpc) is 3.04. The molecule has 0 aliphatic carbocycles. The van der Waals surface area contributed by atoms with E-state index < -0.39 is 0 Å². The smallest absolute Gasteiger partial charge is 0.151 e. The molecule has 108 valence electrons. The molecule has 2 N–H and O–H groups in total. The van der Waals surface area contributed by atoms with E-state index in [1.54, 1.807) is 0 Å². The molecule has 20 heavy (non-hydrogen) atoms. The van der Waals surface area contributed by atoms with Crippen LogP contribution in [0.4, 0.5) is 5.82 Å². The minimum atomic E-state index is 0.616. The summed E-state index contributed by atoms with van der Waals surface area (Å²) in [6.07, 6.45) is 4.14. The van der Waals surface area contributed by atoms with Gasteiger partial charge in [-0.2, -0.15) is 0 Å². The molecule has 0 amide bonds. The second-order valence-electron chi connectivity index (χ2n) is 5.70. The summed E-state index contributed by atoms with van der Waals surface area (Å²) >= 11 is 0. The highest BCUT2D eigenvalue weighted by Gasteiger charge is 2.27. The lowest BCUT2D eigenvalue weighted by molar-refractivity contribution is 0.315. The van der Waals surface area contributed by atoms with E-state index in [2.05, 4.69) is 40.6 Å². The molecule has 2 aromatic rings. The lowest BCUT2D eigenvalue weighted by Crippen LogP contribution is -2.32. The summed E-state index contributed by atoms with van der Waals surface area (Å²) in [6, 6.07) is 6.75. The van der Waals surface area contributed by atoms with Gasteiger partial charge in [0.25, 0.3) is 0 Å². The number of nitrogens with two attached hydrogens (primary N) is 1. The van der Waals surface area contributed by atoms with E-state index in [1.165, 1.54) is 12.1 Å². The maximum Gasteiger partial charge on any atom is 0.151 e. The molecular weight excluding hydrogens is 250 g/mol. The van der Waals surface area contributed by atoms with Gasteiger partial charge in [0.05, 0.1) is 5.69 Å². The summed E-state index contributed by atoms with van der Waals surface area (Å²) in [5.74, 6) is 1.12. The van der Waals surface area contributed by atoms with Crippen molar-refractivity contribution in [1.82, 2.24) is 14.3 Å². The molecule has 1 unspecified atom stereocenters. The predicted molar refractivity (Wildman–Crippen MR) is 82.3 cm³/mol. The number of aromatic nitrogens is 2. The third kappa shape index (κ3) is 2.27. The van der Waals surface area contributed by atoms with E-state index in [1.807, 2.05) is 12.1 Å². The molecule has 1 aliphatic heterocycles. The van der Waals surface area contributed by atoms with Crippen LogP contribution in [0.3, 0.4) is 0 Å². The van der Waals surface area contributed by atoms with Crippen LogP contribution in [0.2, 0.25) is 0 Å². The molecule has 3 rings (SSSR count). The number of hydrogen-bond acceptors (Lipinski definition) is 4. The van der Waals surface area contributed by atoms with Gasteiger partial charge < -0.3 is 19.9 Å². The number of anilines is 1. The van der Waals surface area contributed by atoms with E-state index in [9.17, 15) is 0 Å². The molecule has 1 aliphatic rings. The number of likely N-dealkylation sites (N-methyl/N-ethyl adjacent to an activating group) is 1. The molecule has 1 fully saturated rings. The van der Waals surface area contributed by atoms with Gasteiger partial charge in [-0.05, 0) is 39.2 Å². The maximum atomic E-state index is 5.79. The molecule has 5 nitrogen and oxygen atoms in total. The number of rotatable bonds is 4. The van der Waals surface area contributed by atoms with Crippen LogP contribution in [0, 0.1) is 0 Å². The van der Waals surface area contributed by atoms with Crippen LogP contribution >= 0.6 is 0 Å². The van der Waals surface area contributed by atoms with E-state index in [0.29, 0.717) is 12.6 Å². The zero-order valence-corrected chi connectivity index (χ0v) is 12.3. The van der Waals surface area contributed by atoms with Crippen molar-refractivity contribution in [3.8, 4) is 0 Å². The van der Waals surface area contributed by atoms with Gasteiger partial charge in [-0.25, -0.2) is 4.98 Å². The Hall–Kier alpha value is -1.59. The number of nitrogens with zero attached hydrogens (tertiary/aromatic N) is 4. The fourth-order valence-corrected chi connectivity index (χ4v) is 3.01. The Morgan fingerprint density at radius 1 is 1.40 bits per heavy atom. The number of imidazole rings is 1. The predicted octanol–water partition coefficient (Wildman–Crippen LogP) is 0.976. The van der Waals surface area contributed by atoms with Crippen LogP contribution in [0.25, 0.3) is 5.65 Å². The Labute approximate surface area is 120 Å². The molecule has 1 atom stereocenters. The standard InChI is InChI=1S/C15H23N5/c1-18(2)12-7-10-19(11-12)15-13(6-8-16)20-9-4-3-5-14(20)17-15/h3-5,9,12H,6-8,10-11,16H2,1-2H3. The van der Waals surface area contributed by atoms with Gasteiger partial charge in [0, 0.05) is 31.7 Å². The first-order valence-corrected chi connectivity index (χ1v) is 7.28. The number of hydrogen-bond donors (Lipinski definition) is 1. The molecule has 3 heterocycles. The number of fused-ring (bicyclic) bond motifs is 1. The zero-order chi connectivity index (χ0) is 14.1. The first-order chi connectivity index (χ1) is 9.70. The molecule has 1 saturated heterocycles. The molecule has 5 heteroatoms. The zero-order valence-electron chi connectivity index (χ0n) is 12.3. The van der Waals surface area contributed by atoms with Crippen molar-refractivity contribution < 1.29 is 0 Å². The summed E-state index contributed by atoms with van der Waals surface area (Å²) < 4.78 is 2.17. The molecule has 0 bridgehead atoms. The van der Waals surface area contributed by atoms with Crippen molar-refractivity contribution in [3.05, 3.63) is 30.1 Å². The largest absolute Gasteiger partial charge is 0.353 e. The minimum Gasteiger partial charge on any atom is -0.353 e. The highest BCUT2D eigenvalue weighted by atomic mass is 15.3. The van der Waals surface area contributed by atoms with Gasteiger partial charge in [-0.1, -0.05) is 6.07 Å².